The van der Waals surface area contributed by atoms with Crippen molar-refractivity contribution in [1.82, 2.24) is 4.98 Å². The topological polar surface area (TPSA) is 45.9 Å². The molecule has 1 fully saturated rings. The molecule has 1 aliphatic rings. The van der Waals surface area contributed by atoms with Crippen molar-refractivity contribution in [2.45, 2.75) is 44.9 Å². The molecule has 2 rings (SSSR count). The predicted octanol–water partition coefficient (Wildman–Crippen LogP) is 3.65. The molecule has 0 spiro atoms. The van der Waals surface area contributed by atoms with Crippen LogP contribution >= 0.6 is 0 Å². The van der Waals surface area contributed by atoms with Crippen molar-refractivity contribution in [2.24, 2.45) is 5.92 Å². The molecule has 0 atom stereocenters. The summed E-state index contributed by atoms with van der Waals surface area (Å²) in [7, 11) is 1.57. The Labute approximate surface area is 109 Å². The maximum absolute atomic E-state index is 9.06. The zero-order valence-electron chi connectivity index (χ0n) is 11.1. The summed E-state index contributed by atoms with van der Waals surface area (Å²) in [4.78, 5) is 4.45. The van der Waals surface area contributed by atoms with Crippen LogP contribution in [0.4, 0.5) is 0 Å². The lowest BCUT2D eigenvalue weighted by Crippen LogP contribution is -2.14. The molecular formula is C15H20N2O. The van der Waals surface area contributed by atoms with Crippen LogP contribution in [0.3, 0.4) is 0 Å². The van der Waals surface area contributed by atoms with E-state index in [2.05, 4.69) is 18.0 Å². The molecule has 0 saturated heterocycles. The Kier molecular flexibility index (Phi) is 4.19. The van der Waals surface area contributed by atoms with E-state index in [1.165, 1.54) is 32.1 Å². The van der Waals surface area contributed by atoms with Gasteiger partial charge in [0.1, 0.15) is 6.07 Å². The number of rotatable bonds is 3. The van der Waals surface area contributed by atoms with E-state index in [1.54, 1.807) is 7.11 Å². The SMILES string of the molecule is CCC1CCC(c2ccc(OC)c(C#N)n2)CC1. The van der Waals surface area contributed by atoms with Crippen LogP contribution in [0.25, 0.3) is 0 Å². The first kappa shape index (κ1) is 12.9. The first-order chi connectivity index (χ1) is 8.78. The highest BCUT2D eigenvalue weighted by Crippen LogP contribution is 2.36. The van der Waals surface area contributed by atoms with E-state index in [9.17, 15) is 0 Å². The fourth-order valence-corrected chi connectivity index (χ4v) is 2.80. The van der Waals surface area contributed by atoms with E-state index in [0.717, 1.165) is 11.6 Å². The minimum Gasteiger partial charge on any atom is -0.494 e. The fraction of sp³-hybridized carbons (Fsp3) is 0.600. The highest BCUT2D eigenvalue weighted by molar-refractivity contribution is 5.38. The molecule has 0 radical (unpaired) electrons. The minimum atomic E-state index is 0.410. The van der Waals surface area contributed by atoms with Crippen molar-refractivity contribution in [3.05, 3.63) is 23.5 Å². The third-order valence-electron chi connectivity index (χ3n) is 4.05. The summed E-state index contributed by atoms with van der Waals surface area (Å²) < 4.78 is 5.13. The molecule has 0 aliphatic heterocycles. The average Bonchev–Trinajstić information content (AvgIpc) is 2.46. The van der Waals surface area contributed by atoms with Crippen LogP contribution in [0.5, 0.6) is 5.75 Å². The summed E-state index contributed by atoms with van der Waals surface area (Å²) in [6.45, 7) is 2.27. The second kappa shape index (κ2) is 5.86. The molecule has 3 nitrogen and oxygen atoms in total. The van der Waals surface area contributed by atoms with E-state index >= 15 is 0 Å². The van der Waals surface area contributed by atoms with E-state index in [0.29, 0.717) is 17.4 Å². The number of aromatic nitrogens is 1. The summed E-state index contributed by atoms with van der Waals surface area (Å²) in [5.74, 6) is 1.98. The van der Waals surface area contributed by atoms with Crippen LogP contribution < -0.4 is 4.74 Å². The fourth-order valence-electron chi connectivity index (χ4n) is 2.80. The molecule has 1 heterocycles. The van der Waals surface area contributed by atoms with Gasteiger partial charge >= 0.3 is 0 Å². The molecule has 1 aliphatic carbocycles. The van der Waals surface area contributed by atoms with Gasteiger partial charge in [-0.2, -0.15) is 5.26 Å². The summed E-state index contributed by atoms with van der Waals surface area (Å²) in [6.07, 6.45) is 6.26. The lowest BCUT2D eigenvalue weighted by atomic mass is 9.79. The van der Waals surface area contributed by atoms with Crippen molar-refractivity contribution in [1.29, 1.82) is 5.26 Å². The molecule has 0 bridgehead atoms. The van der Waals surface area contributed by atoms with Gasteiger partial charge < -0.3 is 4.74 Å². The second-order valence-corrected chi connectivity index (χ2v) is 5.02. The predicted molar refractivity (Wildman–Crippen MR) is 70.5 cm³/mol. The Balaban J connectivity index is 2.13. The molecule has 96 valence electrons. The number of hydrogen-bond acceptors (Lipinski definition) is 3. The van der Waals surface area contributed by atoms with Crippen LogP contribution in [0.1, 0.15) is 56.3 Å². The van der Waals surface area contributed by atoms with Gasteiger partial charge in [-0.05, 0) is 43.7 Å². The smallest absolute Gasteiger partial charge is 0.182 e. The molecule has 1 saturated carbocycles. The van der Waals surface area contributed by atoms with Gasteiger partial charge in [-0.25, -0.2) is 4.98 Å². The Hall–Kier alpha value is -1.56. The molecule has 1 aromatic heterocycles. The summed E-state index contributed by atoms with van der Waals surface area (Å²) in [5, 5.41) is 9.06. The van der Waals surface area contributed by atoms with Crippen LogP contribution in [0.15, 0.2) is 12.1 Å². The molecule has 1 aromatic rings. The summed E-state index contributed by atoms with van der Waals surface area (Å²) in [5.41, 5.74) is 1.47. The number of ether oxygens (including phenoxy) is 1. The molecule has 0 N–H and O–H groups in total. The molecular weight excluding hydrogens is 224 g/mol. The second-order valence-electron chi connectivity index (χ2n) is 5.02. The first-order valence-corrected chi connectivity index (χ1v) is 6.73. The highest BCUT2D eigenvalue weighted by Gasteiger charge is 2.22. The monoisotopic (exact) mass is 244 g/mol. The Morgan fingerprint density at radius 2 is 2.06 bits per heavy atom. The van der Waals surface area contributed by atoms with Gasteiger partial charge in [0.05, 0.1) is 7.11 Å². The van der Waals surface area contributed by atoms with Crippen molar-refractivity contribution in [3.63, 3.8) is 0 Å². The molecule has 0 unspecified atom stereocenters. The van der Waals surface area contributed by atoms with Gasteiger partial charge in [-0.15, -0.1) is 0 Å². The van der Waals surface area contributed by atoms with Crippen molar-refractivity contribution in [2.75, 3.05) is 7.11 Å². The van der Waals surface area contributed by atoms with Crippen LogP contribution in [-0.2, 0) is 0 Å². The number of pyridine rings is 1. The van der Waals surface area contributed by atoms with Crippen LogP contribution in [0, 0.1) is 17.2 Å². The largest absolute Gasteiger partial charge is 0.494 e. The summed E-state index contributed by atoms with van der Waals surface area (Å²) >= 11 is 0. The first-order valence-electron chi connectivity index (χ1n) is 6.73. The molecule has 0 aromatic carbocycles. The normalized spacial score (nSPS) is 23.4. The van der Waals surface area contributed by atoms with Gasteiger partial charge in [0, 0.05) is 11.6 Å². The van der Waals surface area contributed by atoms with Crippen molar-refractivity contribution in [3.8, 4) is 11.8 Å². The van der Waals surface area contributed by atoms with Gasteiger partial charge in [-0.1, -0.05) is 13.3 Å². The quantitative estimate of drug-likeness (QED) is 0.815. The molecule has 18 heavy (non-hydrogen) atoms. The Morgan fingerprint density at radius 3 is 2.61 bits per heavy atom. The van der Waals surface area contributed by atoms with E-state index < -0.39 is 0 Å². The van der Waals surface area contributed by atoms with Gasteiger partial charge in [0.15, 0.2) is 11.4 Å². The number of nitriles is 1. The van der Waals surface area contributed by atoms with E-state index in [4.69, 9.17) is 10.00 Å². The van der Waals surface area contributed by atoms with E-state index in [1.807, 2.05) is 12.1 Å². The Morgan fingerprint density at radius 1 is 1.33 bits per heavy atom. The zero-order chi connectivity index (χ0) is 13.0. The third kappa shape index (κ3) is 2.64. The maximum Gasteiger partial charge on any atom is 0.182 e. The highest BCUT2D eigenvalue weighted by atomic mass is 16.5. The standard InChI is InChI=1S/C15H20N2O/c1-3-11-4-6-12(7-5-11)13-8-9-15(18-2)14(10-16)17-13/h8-9,11-12H,3-7H2,1-2H3. The van der Waals surface area contributed by atoms with Crippen LogP contribution in [-0.4, -0.2) is 12.1 Å². The maximum atomic E-state index is 9.06. The molecule has 0 amide bonds. The third-order valence-corrected chi connectivity index (χ3v) is 4.05. The van der Waals surface area contributed by atoms with Crippen molar-refractivity contribution < 1.29 is 4.74 Å². The van der Waals surface area contributed by atoms with Crippen molar-refractivity contribution >= 4 is 0 Å². The van der Waals surface area contributed by atoms with Gasteiger partial charge in [-0.3, -0.25) is 0 Å². The number of hydrogen-bond donors (Lipinski definition) is 0. The minimum absolute atomic E-state index is 0.410. The lowest BCUT2D eigenvalue weighted by Gasteiger charge is -2.27. The number of methoxy groups -OCH3 is 1. The van der Waals surface area contributed by atoms with Gasteiger partial charge in [0.2, 0.25) is 0 Å². The molecule has 3 heteroatoms. The summed E-state index contributed by atoms with van der Waals surface area (Å²) in [6, 6.07) is 5.99. The number of nitrogens with zero attached hydrogens (tertiary/aromatic N) is 2. The zero-order valence-corrected chi connectivity index (χ0v) is 11.1. The Bertz CT molecular complexity index is 442. The lowest BCUT2D eigenvalue weighted by molar-refractivity contribution is 0.315. The average molecular weight is 244 g/mol. The van der Waals surface area contributed by atoms with Gasteiger partial charge in [0.25, 0.3) is 0 Å². The van der Waals surface area contributed by atoms with Crippen LogP contribution in [0.2, 0.25) is 0 Å². The van der Waals surface area contributed by atoms with E-state index in [-0.39, 0.29) is 0 Å².